The Bertz CT molecular complexity index is 1160. The van der Waals surface area contributed by atoms with Crippen molar-refractivity contribution in [3.63, 3.8) is 0 Å². The van der Waals surface area contributed by atoms with Crippen molar-refractivity contribution < 1.29 is 19.4 Å². The molecule has 158 valence electrons. The van der Waals surface area contributed by atoms with E-state index in [1.807, 2.05) is 0 Å². The first-order valence-corrected chi connectivity index (χ1v) is 9.58. The first-order valence-electron chi connectivity index (χ1n) is 9.58. The van der Waals surface area contributed by atoms with Crippen molar-refractivity contribution in [2.75, 3.05) is 5.32 Å². The standard InChI is InChI=1S/C25H23FN2O3/c1-15(19-6-4-5-7-21(19)26)28-18-11-8-16(9-12-18)20-14-17(10-13-22(20)29)23(27)24(30)25(2,3)31/h4-14,27-29,31H,1H2,2-3H3. The second-order valence-electron chi connectivity index (χ2n) is 7.66. The summed E-state index contributed by atoms with van der Waals surface area (Å²) in [7, 11) is 0. The number of halogens is 1. The SMILES string of the molecule is C=C(Nc1ccc(-c2cc(C(=N)C(=O)C(C)(C)O)ccc2O)cc1)c1ccccc1F. The highest BCUT2D eigenvalue weighted by Crippen LogP contribution is 2.32. The Hall–Kier alpha value is -3.77. The van der Waals surface area contributed by atoms with Gasteiger partial charge in [-0.05, 0) is 61.9 Å². The van der Waals surface area contributed by atoms with Gasteiger partial charge in [0.15, 0.2) is 0 Å². The van der Waals surface area contributed by atoms with Crippen molar-refractivity contribution in [2.45, 2.75) is 19.4 Å². The number of hydrogen-bond donors (Lipinski definition) is 4. The van der Waals surface area contributed by atoms with Gasteiger partial charge in [-0.3, -0.25) is 10.2 Å². The molecule has 0 spiro atoms. The maximum Gasteiger partial charge on any atom is 0.211 e. The fourth-order valence-corrected chi connectivity index (χ4v) is 3.04. The Balaban J connectivity index is 1.84. The van der Waals surface area contributed by atoms with E-state index in [0.29, 0.717) is 28.1 Å². The minimum atomic E-state index is -1.66. The Kier molecular flexibility index (Phi) is 6.04. The second kappa shape index (κ2) is 8.53. The van der Waals surface area contributed by atoms with E-state index >= 15 is 0 Å². The minimum absolute atomic E-state index is 0.0104. The summed E-state index contributed by atoms with van der Waals surface area (Å²) in [5.41, 5.74) is 0.834. The summed E-state index contributed by atoms with van der Waals surface area (Å²) in [5, 5.41) is 31.3. The molecule has 3 aromatic rings. The molecule has 3 rings (SSSR count). The third-order valence-corrected chi connectivity index (χ3v) is 4.76. The number of phenolic OH excluding ortho intramolecular Hbond substituents is 1. The van der Waals surface area contributed by atoms with Gasteiger partial charge in [0, 0.05) is 28.1 Å². The molecule has 0 radical (unpaired) electrons. The number of rotatable bonds is 7. The summed E-state index contributed by atoms with van der Waals surface area (Å²) in [6, 6.07) is 17.7. The largest absolute Gasteiger partial charge is 0.507 e. The van der Waals surface area contributed by atoms with E-state index in [1.165, 1.54) is 38.1 Å². The third kappa shape index (κ3) is 4.87. The number of aliphatic hydroxyl groups is 1. The Morgan fingerprint density at radius 1 is 1.06 bits per heavy atom. The molecule has 31 heavy (non-hydrogen) atoms. The minimum Gasteiger partial charge on any atom is -0.507 e. The van der Waals surface area contributed by atoms with E-state index in [1.54, 1.807) is 42.5 Å². The lowest BCUT2D eigenvalue weighted by Gasteiger charge is -2.17. The van der Waals surface area contributed by atoms with Crippen LogP contribution < -0.4 is 5.32 Å². The van der Waals surface area contributed by atoms with Gasteiger partial charge in [-0.25, -0.2) is 4.39 Å². The van der Waals surface area contributed by atoms with Gasteiger partial charge in [0.1, 0.15) is 22.9 Å². The summed E-state index contributed by atoms with van der Waals surface area (Å²) < 4.78 is 13.9. The van der Waals surface area contributed by atoms with Crippen LogP contribution in [0.25, 0.3) is 16.8 Å². The van der Waals surface area contributed by atoms with Crippen LogP contribution in [-0.2, 0) is 4.79 Å². The average Bonchev–Trinajstić information content (AvgIpc) is 2.73. The van der Waals surface area contributed by atoms with Gasteiger partial charge in [-0.2, -0.15) is 0 Å². The van der Waals surface area contributed by atoms with Gasteiger partial charge < -0.3 is 15.5 Å². The fraction of sp³-hybridized carbons (Fsp3) is 0.120. The molecule has 0 aromatic heterocycles. The Morgan fingerprint density at radius 2 is 1.71 bits per heavy atom. The predicted octanol–water partition coefficient (Wildman–Crippen LogP) is 4.99. The van der Waals surface area contributed by atoms with Crippen LogP contribution >= 0.6 is 0 Å². The summed E-state index contributed by atoms with van der Waals surface area (Å²) >= 11 is 0. The van der Waals surface area contributed by atoms with Gasteiger partial charge >= 0.3 is 0 Å². The number of benzene rings is 3. The fourth-order valence-electron chi connectivity index (χ4n) is 3.04. The number of carbonyl (C=O) groups excluding carboxylic acids is 1. The van der Waals surface area contributed by atoms with Crippen LogP contribution in [0, 0.1) is 11.2 Å². The second-order valence-corrected chi connectivity index (χ2v) is 7.66. The molecule has 5 nitrogen and oxygen atoms in total. The van der Waals surface area contributed by atoms with Crippen molar-refractivity contribution in [1.82, 2.24) is 0 Å². The van der Waals surface area contributed by atoms with E-state index < -0.39 is 11.4 Å². The highest BCUT2D eigenvalue weighted by Gasteiger charge is 2.28. The van der Waals surface area contributed by atoms with Gasteiger partial charge in [-0.15, -0.1) is 0 Å². The van der Waals surface area contributed by atoms with Crippen LogP contribution in [-0.4, -0.2) is 27.3 Å². The molecule has 3 aromatic carbocycles. The van der Waals surface area contributed by atoms with E-state index in [4.69, 9.17) is 5.41 Å². The number of nitrogens with one attached hydrogen (secondary N) is 2. The van der Waals surface area contributed by atoms with Crippen LogP contribution in [0.4, 0.5) is 10.1 Å². The average molecular weight is 418 g/mol. The van der Waals surface area contributed by atoms with Gasteiger partial charge in [0.05, 0.1) is 0 Å². The Morgan fingerprint density at radius 3 is 2.32 bits per heavy atom. The normalized spacial score (nSPS) is 11.1. The van der Waals surface area contributed by atoms with Gasteiger partial charge in [0.2, 0.25) is 5.78 Å². The Labute approximate surface area is 180 Å². The number of phenols is 1. The first-order chi connectivity index (χ1) is 14.6. The van der Waals surface area contributed by atoms with E-state index in [9.17, 15) is 19.4 Å². The molecule has 6 heteroatoms. The molecular formula is C25H23FN2O3. The molecule has 0 saturated heterocycles. The van der Waals surface area contributed by atoms with Gasteiger partial charge in [-0.1, -0.05) is 30.8 Å². The number of Topliss-reactive ketones (excluding diaryl/α,β-unsaturated/α-hetero) is 1. The zero-order valence-corrected chi connectivity index (χ0v) is 17.2. The van der Waals surface area contributed by atoms with Crippen molar-refractivity contribution in [1.29, 1.82) is 5.41 Å². The lowest BCUT2D eigenvalue weighted by atomic mass is 9.93. The van der Waals surface area contributed by atoms with Crippen molar-refractivity contribution >= 4 is 22.9 Å². The van der Waals surface area contributed by atoms with Crippen molar-refractivity contribution in [3.05, 3.63) is 90.3 Å². The van der Waals surface area contributed by atoms with Crippen molar-refractivity contribution in [2.24, 2.45) is 0 Å². The molecule has 0 aliphatic rings. The summed E-state index contributed by atoms with van der Waals surface area (Å²) in [4.78, 5) is 12.2. The number of ketones is 1. The molecule has 0 aliphatic heterocycles. The maximum absolute atomic E-state index is 13.9. The molecule has 0 aliphatic carbocycles. The first kappa shape index (κ1) is 21.9. The van der Waals surface area contributed by atoms with Crippen LogP contribution in [0.3, 0.4) is 0 Å². The molecule has 0 amide bonds. The molecule has 0 bridgehead atoms. The number of hydrogen-bond acceptors (Lipinski definition) is 5. The molecule has 0 atom stereocenters. The van der Waals surface area contributed by atoms with Crippen LogP contribution in [0.2, 0.25) is 0 Å². The third-order valence-electron chi connectivity index (χ3n) is 4.76. The number of carbonyl (C=O) groups is 1. The van der Waals surface area contributed by atoms with Crippen LogP contribution in [0.1, 0.15) is 25.0 Å². The lowest BCUT2D eigenvalue weighted by Crippen LogP contribution is -2.37. The summed E-state index contributed by atoms with van der Waals surface area (Å²) in [6.07, 6.45) is 0. The van der Waals surface area contributed by atoms with Gasteiger partial charge in [0.25, 0.3) is 0 Å². The topological polar surface area (TPSA) is 93.4 Å². The molecule has 0 saturated carbocycles. The molecule has 0 unspecified atom stereocenters. The smallest absolute Gasteiger partial charge is 0.211 e. The number of anilines is 1. The quantitative estimate of drug-likeness (QED) is 0.407. The van der Waals surface area contributed by atoms with Crippen molar-refractivity contribution in [3.8, 4) is 16.9 Å². The highest BCUT2D eigenvalue weighted by molar-refractivity contribution is 6.47. The van der Waals surface area contributed by atoms with Crippen LogP contribution in [0.15, 0.2) is 73.3 Å². The molecule has 0 heterocycles. The van der Waals surface area contributed by atoms with E-state index in [2.05, 4.69) is 11.9 Å². The number of aromatic hydroxyl groups is 1. The van der Waals surface area contributed by atoms with E-state index in [-0.39, 0.29) is 22.8 Å². The highest BCUT2D eigenvalue weighted by atomic mass is 19.1. The zero-order chi connectivity index (χ0) is 22.8. The molecule has 0 fully saturated rings. The summed E-state index contributed by atoms with van der Waals surface area (Å²) in [6.45, 7) is 6.53. The van der Waals surface area contributed by atoms with Crippen LogP contribution in [0.5, 0.6) is 5.75 Å². The monoisotopic (exact) mass is 418 g/mol. The lowest BCUT2D eigenvalue weighted by molar-refractivity contribution is -0.126. The molecule has 4 N–H and O–H groups in total. The zero-order valence-electron chi connectivity index (χ0n) is 17.2. The predicted molar refractivity (Wildman–Crippen MR) is 121 cm³/mol. The molecular weight excluding hydrogens is 395 g/mol. The van der Waals surface area contributed by atoms with E-state index in [0.717, 1.165) is 0 Å². The maximum atomic E-state index is 13.9. The summed E-state index contributed by atoms with van der Waals surface area (Å²) in [5.74, 6) is -1.10.